The van der Waals surface area contributed by atoms with Gasteiger partial charge in [-0.1, -0.05) is 12.1 Å². The van der Waals surface area contributed by atoms with Gasteiger partial charge in [0.2, 0.25) is 0 Å². The van der Waals surface area contributed by atoms with Gasteiger partial charge >= 0.3 is 0 Å². The van der Waals surface area contributed by atoms with E-state index in [0.29, 0.717) is 5.92 Å². The molecule has 0 aromatic rings. The Balaban J connectivity index is 2.26. The van der Waals surface area contributed by atoms with Gasteiger partial charge < -0.3 is 14.8 Å². The first-order valence-corrected chi connectivity index (χ1v) is 5.99. The summed E-state index contributed by atoms with van der Waals surface area (Å²) in [6, 6.07) is 0. The first-order chi connectivity index (χ1) is 7.42. The Morgan fingerprint density at radius 1 is 1.50 bits per heavy atom. The molecule has 1 atom stereocenters. The SMILES string of the molecule is CC1CN(CCOC(C)(C)C)CCC1=NO. The Morgan fingerprint density at radius 2 is 2.19 bits per heavy atom. The van der Waals surface area contributed by atoms with Crippen LogP contribution in [0.15, 0.2) is 5.16 Å². The Bertz CT molecular complexity index is 246. The molecule has 0 radical (unpaired) electrons. The van der Waals surface area contributed by atoms with Crippen LogP contribution in [-0.4, -0.2) is 47.7 Å². The fraction of sp³-hybridized carbons (Fsp3) is 0.917. The minimum Gasteiger partial charge on any atom is -0.411 e. The third-order valence-corrected chi connectivity index (χ3v) is 2.86. The Morgan fingerprint density at radius 3 is 2.69 bits per heavy atom. The monoisotopic (exact) mass is 228 g/mol. The van der Waals surface area contributed by atoms with E-state index in [1.807, 2.05) is 0 Å². The van der Waals surface area contributed by atoms with E-state index in [1.54, 1.807) is 0 Å². The van der Waals surface area contributed by atoms with Crippen molar-refractivity contribution in [2.24, 2.45) is 11.1 Å². The summed E-state index contributed by atoms with van der Waals surface area (Å²) in [5, 5.41) is 12.1. The lowest BCUT2D eigenvalue weighted by Gasteiger charge is -2.32. The number of hydrogen-bond acceptors (Lipinski definition) is 4. The molecule has 1 aliphatic rings. The molecule has 0 saturated carbocycles. The molecule has 94 valence electrons. The van der Waals surface area contributed by atoms with Gasteiger partial charge in [-0.3, -0.25) is 0 Å². The van der Waals surface area contributed by atoms with E-state index in [1.165, 1.54) is 0 Å². The fourth-order valence-corrected chi connectivity index (χ4v) is 1.94. The number of nitrogens with zero attached hydrogens (tertiary/aromatic N) is 2. The van der Waals surface area contributed by atoms with Crippen LogP contribution in [0.1, 0.15) is 34.1 Å². The van der Waals surface area contributed by atoms with Crippen LogP contribution in [0.25, 0.3) is 0 Å². The van der Waals surface area contributed by atoms with Crippen molar-refractivity contribution in [3.63, 3.8) is 0 Å². The molecule has 1 rings (SSSR count). The molecule has 4 heteroatoms. The molecule has 4 nitrogen and oxygen atoms in total. The predicted molar refractivity (Wildman–Crippen MR) is 65.1 cm³/mol. The van der Waals surface area contributed by atoms with Crippen molar-refractivity contribution in [2.45, 2.75) is 39.7 Å². The average Bonchev–Trinajstić information content (AvgIpc) is 2.16. The van der Waals surface area contributed by atoms with Crippen LogP contribution in [0.3, 0.4) is 0 Å². The van der Waals surface area contributed by atoms with E-state index in [9.17, 15) is 0 Å². The highest BCUT2D eigenvalue weighted by atomic mass is 16.5. The van der Waals surface area contributed by atoms with Gasteiger partial charge in [0, 0.05) is 32.0 Å². The second-order valence-electron chi connectivity index (χ2n) is 5.50. The van der Waals surface area contributed by atoms with Crippen LogP contribution in [0.5, 0.6) is 0 Å². The third kappa shape index (κ3) is 4.49. The molecule has 0 aromatic heterocycles. The Labute approximate surface area is 98.3 Å². The highest BCUT2D eigenvalue weighted by Gasteiger charge is 2.22. The Hall–Kier alpha value is -0.610. The normalized spacial score (nSPS) is 26.2. The molecule has 1 heterocycles. The van der Waals surface area contributed by atoms with Crippen molar-refractivity contribution in [1.82, 2.24) is 4.90 Å². The van der Waals surface area contributed by atoms with E-state index in [4.69, 9.17) is 9.94 Å². The van der Waals surface area contributed by atoms with Gasteiger partial charge in [0.1, 0.15) is 0 Å². The molecule has 0 amide bonds. The molecule has 1 fully saturated rings. The summed E-state index contributed by atoms with van der Waals surface area (Å²) in [5.41, 5.74) is 0.868. The molecule has 1 saturated heterocycles. The maximum atomic E-state index is 8.78. The molecule has 1 aliphatic heterocycles. The second kappa shape index (κ2) is 5.64. The van der Waals surface area contributed by atoms with E-state index in [-0.39, 0.29) is 5.60 Å². The third-order valence-electron chi connectivity index (χ3n) is 2.86. The van der Waals surface area contributed by atoms with Crippen LogP contribution < -0.4 is 0 Å². The maximum Gasteiger partial charge on any atom is 0.0624 e. The zero-order chi connectivity index (χ0) is 12.2. The maximum absolute atomic E-state index is 8.78. The number of rotatable bonds is 3. The summed E-state index contributed by atoms with van der Waals surface area (Å²) in [4.78, 5) is 2.37. The zero-order valence-corrected chi connectivity index (χ0v) is 10.9. The van der Waals surface area contributed by atoms with Gasteiger partial charge in [-0.15, -0.1) is 0 Å². The van der Waals surface area contributed by atoms with E-state index in [2.05, 4.69) is 37.8 Å². The molecule has 16 heavy (non-hydrogen) atoms. The quantitative estimate of drug-likeness (QED) is 0.593. The molecular formula is C12H24N2O2. The van der Waals surface area contributed by atoms with Crippen LogP contribution in [0, 0.1) is 5.92 Å². The second-order valence-corrected chi connectivity index (χ2v) is 5.50. The molecule has 0 bridgehead atoms. The fourth-order valence-electron chi connectivity index (χ4n) is 1.94. The van der Waals surface area contributed by atoms with Crippen molar-refractivity contribution in [1.29, 1.82) is 0 Å². The summed E-state index contributed by atoms with van der Waals surface area (Å²) in [6.45, 7) is 12.0. The highest BCUT2D eigenvalue weighted by Crippen LogP contribution is 2.14. The van der Waals surface area contributed by atoms with Crippen molar-refractivity contribution < 1.29 is 9.94 Å². The highest BCUT2D eigenvalue weighted by molar-refractivity contribution is 5.86. The summed E-state index contributed by atoms with van der Waals surface area (Å²) >= 11 is 0. The number of oxime groups is 1. The van der Waals surface area contributed by atoms with Gasteiger partial charge in [-0.05, 0) is 20.8 Å². The van der Waals surface area contributed by atoms with Crippen LogP contribution in [0.4, 0.5) is 0 Å². The summed E-state index contributed by atoms with van der Waals surface area (Å²) in [7, 11) is 0. The first-order valence-electron chi connectivity index (χ1n) is 5.99. The summed E-state index contributed by atoms with van der Waals surface area (Å²) < 4.78 is 5.70. The standard InChI is InChI=1S/C12H24N2O2/c1-10-9-14(6-5-11(10)13-15)7-8-16-12(2,3)4/h10,15H,5-9H2,1-4H3. The molecular weight excluding hydrogens is 204 g/mol. The van der Waals surface area contributed by atoms with Gasteiger partial charge in [0.05, 0.1) is 17.9 Å². The minimum atomic E-state index is -0.0564. The summed E-state index contributed by atoms with van der Waals surface area (Å²) in [6.07, 6.45) is 0.868. The largest absolute Gasteiger partial charge is 0.411 e. The summed E-state index contributed by atoms with van der Waals surface area (Å²) in [5.74, 6) is 0.355. The van der Waals surface area contributed by atoms with Gasteiger partial charge in [-0.25, -0.2) is 0 Å². The Kier molecular flexibility index (Phi) is 4.74. The van der Waals surface area contributed by atoms with E-state index >= 15 is 0 Å². The molecule has 0 aromatic carbocycles. The van der Waals surface area contributed by atoms with Gasteiger partial charge in [0.25, 0.3) is 0 Å². The average molecular weight is 228 g/mol. The lowest BCUT2D eigenvalue weighted by molar-refractivity contribution is -0.0141. The van der Waals surface area contributed by atoms with Crippen molar-refractivity contribution >= 4 is 5.71 Å². The van der Waals surface area contributed by atoms with Crippen LogP contribution in [-0.2, 0) is 4.74 Å². The smallest absolute Gasteiger partial charge is 0.0624 e. The molecule has 1 unspecified atom stereocenters. The molecule has 1 N–H and O–H groups in total. The predicted octanol–water partition coefficient (Wildman–Crippen LogP) is 1.97. The van der Waals surface area contributed by atoms with Crippen molar-refractivity contribution in [2.75, 3.05) is 26.2 Å². The van der Waals surface area contributed by atoms with E-state index in [0.717, 1.165) is 38.4 Å². The van der Waals surface area contributed by atoms with E-state index < -0.39 is 0 Å². The van der Waals surface area contributed by atoms with Crippen molar-refractivity contribution in [3.05, 3.63) is 0 Å². The zero-order valence-electron chi connectivity index (χ0n) is 10.9. The van der Waals surface area contributed by atoms with Crippen LogP contribution in [0.2, 0.25) is 0 Å². The van der Waals surface area contributed by atoms with Gasteiger partial charge in [0.15, 0.2) is 0 Å². The topological polar surface area (TPSA) is 45.1 Å². The van der Waals surface area contributed by atoms with Crippen LogP contribution >= 0.6 is 0 Å². The first kappa shape index (κ1) is 13.5. The lowest BCUT2D eigenvalue weighted by atomic mass is 9.98. The molecule has 0 aliphatic carbocycles. The number of ether oxygens (including phenoxy) is 1. The van der Waals surface area contributed by atoms with Crippen molar-refractivity contribution in [3.8, 4) is 0 Å². The lowest BCUT2D eigenvalue weighted by Crippen LogP contribution is -2.41. The molecule has 0 spiro atoms. The van der Waals surface area contributed by atoms with Gasteiger partial charge in [-0.2, -0.15) is 0 Å². The number of piperidine rings is 1. The minimum absolute atomic E-state index is 0.0564. The number of hydrogen-bond donors (Lipinski definition) is 1. The number of likely N-dealkylation sites (tertiary alicyclic amines) is 1.